The van der Waals surface area contributed by atoms with Gasteiger partial charge in [-0.05, 0) is 95.1 Å². The van der Waals surface area contributed by atoms with E-state index in [1.165, 1.54) is 124 Å². The number of aliphatic hydroxyl groups is 4. The number of ether oxygens (including phenoxy) is 10. The van der Waals surface area contributed by atoms with E-state index in [-0.39, 0.29) is 40.2 Å². The smallest absolute Gasteiger partial charge is 0.331 e. The van der Waals surface area contributed by atoms with E-state index in [4.69, 9.17) is 47.4 Å². The van der Waals surface area contributed by atoms with E-state index in [2.05, 4.69) is 0 Å². The average Bonchev–Trinajstić information content (AvgIpc) is 3.64. The molecular weight excluding hydrogens is 965 g/mol. The van der Waals surface area contributed by atoms with E-state index >= 15 is 0 Å². The molecule has 0 radical (unpaired) electrons. The molecule has 388 valence electrons. The van der Waals surface area contributed by atoms with Gasteiger partial charge in [-0.2, -0.15) is 0 Å². The molecule has 6 rings (SSSR count). The lowest BCUT2D eigenvalue weighted by Crippen LogP contribution is -2.63. The van der Waals surface area contributed by atoms with Gasteiger partial charge in [-0.3, -0.25) is 0 Å². The van der Waals surface area contributed by atoms with Crippen LogP contribution in [0.25, 0.3) is 24.3 Å². The molecule has 2 heterocycles. The van der Waals surface area contributed by atoms with Crippen LogP contribution in [0.3, 0.4) is 0 Å². The second-order valence-electron chi connectivity index (χ2n) is 16.0. The molecule has 8 N–H and O–H groups in total. The maximum atomic E-state index is 13.6. The van der Waals surface area contributed by atoms with Crippen molar-refractivity contribution in [1.82, 2.24) is 0 Å². The molecule has 0 amide bonds. The fraction of sp³-hybridized carbons (Fsp3) is 0.294. The van der Waals surface area contributed by atoms with Gasteiger partial charge >= 0.3 is 23.9 Å². The number of phenolic OH excluding ortho intramolecular Hbond substituents is 4. The first kappa shape index (κ1) is 54.4. The van der Waals surface area contributed by atoms with Gasteiger partial charge in [0.2, 0.25) is 5.79 Å². The summed E-state index contributed by atoms with van der Waals surface area (Å²) in [5, 5.41) is 84.7. The maximum absolute atomic E-state index is 13.6. The summed E-state index contributed by atoms with van der Waals surface area (Å²) in [7, 11) is 3.98. The van der Waals surface area contributed by atoms with E-state index in [9.17, 15) is 60.0 Å². The van der Waals surface area contributed by atoms with Crippen molar-refractivity contribution in [2.24, 2.45) is 0 Å². The third-order valence-corrected chi connectivity index (χ3v) is 11.0. The molecule has 4 aromatic rings. The number of esters is 4. The Hall–Kier alpha value is -7.96. The topological polar surface area (TPSA) is 322 Å². The Morgan fingerprint density at radius 2 is 0.945 bits per heavy atom. The highest BCUT2D eigenvalue weighted by atomic mass is 16.8. The Morgan fingerprint density at radius 1 is 0.521 bits per heavy atom. The monoisotopic (exact) mass is 1020 g/mol. The van der Waals surface area contributed by atoms with Crippen LogP contribution in [0.2, 0.25) is 0 Å². The molecule has 0 unspecified atom stereocenters. The zero-order valence-electron chi connectivity index (χ0n) is 39.2. The minimum atomic E-state index is -2.73. The second-order valence-corrected chi connectivity index (χ2v) is 16.0. The SMILES string of the molecule is COc1cc(/C=C/C(=O)OC[C@H]2O[C@@](COC(=O)/C=C/c3ccc(O)c(OC)c3)(O[C@H]3O[C@H](COC(=O)/C=C/c4ccc(O)c(OC)c4)[C@@H](O)[C@H](O)[C@H]3O)[C@@H](OC(=O)/C=C/c3ccc(O)cc3)[C@@H]2O)ccc1O. The summed E-state index contributed by atoms with van der Waals surface area (Å²) in [5.74, 6) is -7.14. The highest BCUT2D eigenvalue weighted by molar-refractivity contribution is 5.89. The number of methoxy groups -OCH3 is 3. The lowest BCUT2D eigenvalue weighted by molar-refractivity contribution is -0.383. The third kappa shape index (κ3) is 14.4. The van der Waals surface area contributed by atoms with Crippen molar-refractivity contribution in [2.45, 2.75) is 54.8 Å². The van der Waals surface area contributed by atoms with Crippen molar-refractivity contribution in [3.8, 4) is 40.2 Å². The molecule has 73 heavy (non-hydrogen) atoms. The van der Waals surface area contributed by atoms with Gasteiger partial charge in [0.1, 0.15) is 62.2 Å². The van der Waals surface area contributed by atoms with Crippen molar-refractivity contribution in [2.75, 3.05) is 41.2 Å². The minimum absolute atomic E-state index is 0.0585. The van der Waals surface area contributed by atoms with E-state index in [1.807, 2.05) is 0 Å². The van der Waals surface area contributed by atoms with Crippen molar-refractivity contribution in [3.63, 3.8) is 0 Å². The third-order valence-electron chi connectivity index (χ3n) is 11.0. The van der Waals surface area contributed by atoms with Gasteiger partial charge in [-0.25, -0.2) is 19.2 Å². The van der Waals surface area contributed by atoms with Crippen molar-refractivity contribution >= 4 is 48.2 Å². The average molecular weight is 1020 g/mol. The summed E-state index contributed by atoms with van der Waals surface area (Å²) in [6, 6.07) is 18.3. The van der Waals surface area contributed by atoms with E-state index < -0.39 is 98.5 Å². The molecular formula is C51H52O22. The molecule has 0 aromatic heterocycles. The molecule has 2 saturated heterocycles. The van der Waals surface area contributed by atoms with Crippen LogP contribution in [0.1, 0.15) is 22.3 Å². The first-order valence-electron chi connectivity index (χ1n) is 22.0. The summed E-state index contributed by atoms with van der Waals surface area (Å²) < 4.78 is 55.3. The number of hydrogen-bond donors (Lipinski definition) is 8. The molecule has 2 fully saturated rings. The molecule has 9 atom stereocenters. The molecule has 22 nitrogen and oxygen atoms in total. The van der Waals surface area contributed by atoms with Crippen molar-refractivity contribution in [3.05, 3.63) is 125 Å². The quantitative estimate of drug-likeness (QED) is 0.0358. The highest BCUT2D eigenvalue weighted by Crippen LogP contribution is 2.39. The summed E-state index contributed by atoms with van der Waals surface area (Å²) in [5.41, 5.74) is 1.64. The number of phenols is 4. The lowest BCUT2D eigenvalue weighted by Gasteiger charge is -2.43. The van der Waals surface area contributed by atoms with Gasteiger partial charge in [-0.1, -0.05) is 30.3 Å². The Morgan fingerprint density at radius 3 is 1.42 bits per heavy atom. The van der Waals surface area contributed by atoms with Crippen molar-refractivity contribution in [1.29, 1.82) is 0 Å². The second kappa shape index (κ2) is 24.9. The van der Waals surface area contributed by atoms with E-state index in [0.29, 0.717) is 22.3 Å². The van der Waals surface area contributed by atoms with Crippen LogP contribution >= 0.6 is 0 Å². The summed E-state index contributed by atoms with van der Waals surface area (Å²) >= 11 is 0. The summed E-state index contributed by atoms with van der Waals surface area (Å²) in [6.07, 6.45) is -6.60. The predicted molar refractivity (Wildman–Crippen MR) is 252 cm³/mol. The number of aromatic hydroxyl groups is 4. The lowest BCUT2D eigenvalue weighted by atomic mass is 9.98. The van der Waals surface area contributed by atoms with Crippen LogP contribution in [-0.2, 0) is 52.3 Å². The minimum Gasteiger partial charge on any atom is -0.508 e. The molecule has 0 bridgehead atoms. The van der Waals surface area contributed by atoms with Crippen LogP contribution in [0.4, 0.5) is 0 Å². The van der Waals surface area contributed by atoms with Crippen molar-refractivity contribution < 1.29 is 107 Å². The number of benzene rings is 4. The van der Waals surface area contributed by atoms with Gasteiger partial charge < -0.3 is 88.2 Å². The zero-order valence-corrected chi connectivity index (χ0v) is 39.2. The van der Waals surface area contributed by atoms with E-state index in [0.717, 1.165) is 24.3 Å². The molecule has 0 aliphatic carbocycles. The van der Waals surface area contributed by atoms with Gasteiger partial charge in [0.05, 0.1) is 21.3 Å². The van der Waals surface area contributed by atoms with Crippen LogP contribution in [0, 0.1) is 0 Å². The van der Waals surface area contributed by atoms with Crippen LogP contribution < -0.4 is 14.2 Å². The Labute approximate surface area is 416 Å². The van der Waals surface area contributed by atoms with Crippen LogP contribution in [0.15, 0.2) is 103 Å². The fourth-order valence-corrected chi connectivity index (χ4v) is 7.18. The number of aliphatic hydroxyl groups excluding tert-OH is 4. The summed E-state index contributed by atoms with van der Waals surface area (Å²) in [4.78, 5) is 52.8. The van der Waals surface area contributed by atoms with Crippen LogP contribution in [-0.4, -0.2) is 161 Å². The van der Waals surface area contributed by atoms with Gasteiger partial charge in [0, 0.05) is 24.3 Å². The molecule has 2 aliphatic rings. The zero-order chi connectivity index (χ0) is 52.8. The molecule has 4 aromatic carbocycles. The van der Waals surface area contributed by atoms with Gasteiger partial charge in [0.15, 0.2) is 46.9 Å². The van der Waals surface area contributed by atoms with E-state index in [1.54, 1.807) is 0 Å². The number of carbonyl (C=O) groups excluding carboxylic acids is 4. The fourth-order valence-electron chi connectivity index (χ4n) is 7.18. The van der Waals surface area contributed by atoms with Gasteiger partial charge in [0.25, 0.3) is 0 Å². The Balaban J connectivity index is 1.29. The van der Waals surface area contributed by atoms with Gasteiger partial charge in [-0.15, -0.1) is 0 Å². The standard InChI is InChI=1S/C51H52O22/c1-64-36-22-29(6-15-33(36)53)10-18-41(56)67-25-39-45(60)47(62)48(63)50(70-39)73-51(27-69-43(58)20-12-31-8-17-35(55)38(24-31)66-3)49(71-44(59)21-9-28-4-13-32(52)14-5-28)46(61)40(72-51)26-68-42(57)19-11-30-7-16-34(54)37(23-30)65-2/h4-24,39-40,45-50,52-55,60-63H,25-27H2,1-3H3/b18-10+,19-11+,20-12+,21-9+/t39-,40-,45-,46-,47+,48-,49+,50-,51+/m1/s1. The Kier molecular flexibility index (Phi) is 18.6. The first-order valence-corrected chi connectivity index (χ1v) is 22.0. The Bertz CT molecular complexity index is 2700. The highest BCUT2D eigenvalue weighted by Gasteiger charge is 2.62. The van der Waals surface area contributed by atoms with Crippen LogP contribution in [0.5, 0.6) is 40.2 Å². The molecule has 2 aliphatic heterocycles. The predicted octanol–water partition coefficient (Wildman–Crippen LogP) is 2.51. The number of rotatable bonds is 20. The molecule has 22 heteroatoms. The summed E-state index contributed by atoms with van der Waals surface area (Å²) in [6.45, 7) is -2.66. The molecule has 0 spiro atoms. The maximum Gasteiger partial charge on any atom is 0.331 e. The number of hydrogen-bond acceptors (Lipinski definition) is 22. The largest absolute Gasteiger partial charge is 0.508 e. The molecule has 0 saturated carbocycles. The first-order chi connectivity index (χ1) is 34.9. The number of carbonyl (C=O) groups is 4. The normalized spacial score (nSPS) is 23.9.